The summed E-state index contributed by atoms with van der Waals surface area (Å²) >= 11 is 0. The number of aromatic hydroxyl groups is 1. The number of benzene rings is 2. The number of ketones is 1. The molecule has 1 aliphatic heterocycles. The highest BCUT2D eigenvalue weighted by Gasteiger charge is 2.25. The smallest absolute Gasteiger partial charge is 0.183 e. The molecule has 2 N–H and O–H groups in total. The lowest BCUT2D eigenvalue weighted by Crippen LogP contribution is -2.30. The van der Waals surface area contributed by atoms with Crippen LogP contribution in [0.2, 0.25) is 0 Å². The Morgan fingerprint density at radius 2 is 1.95 bits per heavy atom. The van der Waals surface area contributed by atoms with Crippen molar-refractivity contribution in [2.45, 2.75) is 18.9 Å². The van der Waals surface area contributed by atoms with Gasteiger partial charge in [0.2, 0.25) is 0 Å². The zero-order valence-electron chi connectivity index (χ0n) is 11.6. The predicted octanol–water partition coefficient (Wildman–Crippen LogP) is 3.12. The summed E-state index contributed by atoms with van der Waals surface area (Å²) in [6, 6.07) is 13.9. The summed E-state index contributed by atoms with van der Waals surface area (Å²) in [6.45, 7) is 0.845. The summed E-state index contributed by atoms with van der Waals surface area (Å²) in [4.78, 5) is 12.4. The molecule has 2 aromatic carbocycles. The summed E-state index contributed by atoms with van der Waals surface area (Å²) in [7, 11) is 0. The molecule has 108 valence electrons. The zero-order chi connectivity index (χ0) is 14.7. The Morgan fingerprint density at radius 3 is 2.67 bits per heavy atom. The second kappa shape index (κ2) is 5.97. The first kappa shape index (κ1) is 13.6. The summed E-state index contributed by atoms with van der Waals surface area (Å²) in [5.41, 5.74) is 0.308. The number of phenolic OH excluding ortho intramolecular Hbond substituents is 1. The van der Waals surface area contributed by atoms with Crippen molar-refractivity contribution in [3.8, 4) is 17.2 Å². The fourth-order valence-electron chi connectivity index (χ4n) is 2.50. The molecular formula is C17H17NO3. The van der Waals surface area contributed by atoms with E-state index in [1.54, 1.807) is 12.1 Å². The average Bonchev–Trinajstić information content (AvgIpc) is 3.04. The van der Waals surface area contributed by atoms with Gasteiger partial charge in [-0.3, -0.25) is 4.79 Å². The standard InChI is InChI=1S/C17H17NO3/c19-16-9-8-13(21-12-5-2-1-3-6-12)11-14(16)17(20)15-7-4-10-18-15/h1-3,5-6,8-9,11,15,18-19H,4,7,10H2. The Kier molecular flexibility index (Phi) is 3.88. The first-order chi connectivity index (χ1) is 10.2. The van der Waals surface area contributed by atoms with Crippen LogP contribution in [0.3, 0.4) is 0 Å². The van der Waals surface area contributed by atoms with E-state index < -0.39 is 0 Å². The van der Waals surface area contributed by atoms with E-state index in [1.165, 1.54) is 6.07 Å². The van der Waals surface area contributed by atoms with Crippen molar-refractivity contribution in [3.63, 3.8) is 0 Å². The minimum atomic E-state index is -0.206. The largest absolute Gasteiger partial charge is 0.507 e. The topological polar surface area (TPSA) is 58.6 Å². The van der Waals surface area contributed by atoms with Crippen LogP contribution in [0.15, 0.2) is 48.5 Å². The molecule has 0 aromatic heterocycles. The SMILES string of the molecule is O=C(c1cc(Oc2ccccc2)ccc1O)C1CCCN1. The first-order valence-electron chi connectivity index (χ1n) is 7.07. The number of para-hydroxylation sites is 1. The van der Waals surface area contributed by atoms with Crippen LogP contribution in [0, 0.1) is 0 Å². The van der Waals surface area contributed by atoms with Gasteiger partial charge in [-0.1, -0.05) is 18.2 Å². The molecule has 0 spiro atoms. The van der Waals surface area contributed by atoms with Crippen LogP contribution in [-0.4, -0.2) is 23.5 Å². The molecule has 0 aliphatic carbocycles. The number of nitrogens with one attached hydrogen (secondary N) is 1. The average molecular weight is 283 g/mol. The minimum Gasteiger partial charge on any atom is -0.507 e. The van der Waals surface area contributed by atoms with E-state index in [1.807, 2.05) is 30.3 Å². The third kappa shape index (κ3) is 3.06. The highest BCUT2D eigenvalue weighted by atomic mass is 16.5. The van der Waals surface area contributed by atoms with Crippen molar-refractivity contribution in [1.29, 1.82) is 0 Å². The molecule has 1 heterocycles. The molecular weight excluding hydrogens is 266 g/mol. The van der Waals surface area contributed by atoms with Crippen molar-refractivity contribution in [3.05, 3.63) is 54.1 Å². The van der Waals surface area contributed by atoms with Crippen LogP contribution in [0.25, 0.3) is 0 Å². The fraction of sp³-hybridized carbons (Fsp3) is 0.235. The Morgan fingerprint density at radius 1 is 1.14 bits per heavy atom. The Balaban J connectivity index is 1.84. The minimum absolute atomic E-state index is 0.00545. The number of carbonyl (C=O) groups excluding carboxylic acids is 1. The maximum Gasteiger partial charge on any atom is 0.183 e. The molecule has 0 amide bonds. The Labute approximate surface area is 123 Å². The van der Waals surface area contributed by atoms with Gasteiger partial charge in [0.05, 0.1) is 11.6 Å². The van der Waals surface area contributed by atoms with E-state index in [4.69, 9.17) is 4.74 Å². The highest BCUT2D eigenvalue weighted by molar-refractivity contribution is 6.02. The van der Waals surface area contributed by atoms with E-state index in [0.29, 0.717) is 17.1 Å². The van der Waals surface area contributed by atoms with Crippen LogP contribution in [-0.2, 0) is 0 Å². The first-order valence-corrected chi connectivity index (χ1v) is 7.07. The van der Waals surface area contributed by atoms with Gasteiger partial charge in [-0.05, 0) is 49.7 Å². The molecule has 1 aliphatic rings. The van der Waals surface area contributed by atoms with Gasteiger partial charge in [0.25, 0.3) is 0 Å². The second-order valence-electron chi connectivity index (χ2n) is 5.11. The number of ether oxygens (including phenoxy) is 1. The predicted molar refractivity (Wildman–Crippen MR) is 80.0 cm³/mol. The number of hydrogen-bond acceptors (Lipinski definition) is 4. The Hall–Kier alpha value is -2.33. The molecule has 0 bridgehead atoms. The van der Waals surface area contributed by atoms with Crippen molar-refractivity contribution < 1.29 is 14.6 Å². The second-order valence-corrected chi connectivity index (χ2v) is 5.11. The summed E-state index contributed by atoms with van der Waals surface area (Å²) in [5.74, 6) is 1.15. The van der Waals surface area contributed by atoms with Gasteiger partial charge in [-0.25, -0.2) is 0 Å². The molecule has 1 atom stereocenters. The van der Waals surface area contributed by atoms with Gasteiger partial charge < -0.3 is 15.2 Å². The molecule has 1 saturated heterocycles. The molecule has 1 unspecified atom stereocenters. The number of Topliss-reactive ketones (excluding diaryl/α,β-unsaturated/α-hetero) is 1. The van der Waals surface area contributed by atoms with Crippen LogP contribution < -0.4 is 10.1 Å². The maximum atomic E-state index is 12.4. The third-order valence-corrected chi connectivity index (χ3v) is 3.59. The quantitative estimate of drug-likeness (QED) is 0.846. The number of carbonyl (C=O) groups is 1. The van der Waals surface area contributed by atoms with E-state index in [0.717, 1.165) is 19.4 Å². The van der Waals surface area contributed by atoms with E-state index in [2.05, 4.69) is 5.32 Å². The van der Waals surface area contributed by atoms with Crippen molar-refractivity contribution >= 4 is 5.78 Å². The fourth-order valence-corrected chi connectivity index (χ4v) is 2.50. The summed E-state index contributed by atoms with van der Waals surface area (Å²) in [5, 5.41) is 13.1. The molecule has 0 saturated carbocycles. The van der Waals surface area contributed by atoms with E-state index >= 15 is 0 Å². The molecule has 2 aromatic rings. The lowest BCUT2D eigenvalue weighted by molar-refractivity contribution is 0.0949. The van der Waals surface area contributed by atoms with Crippen molar-refractivity contribution in [1.82, 2.24) is 5.32 Å². The van der Waals surface area contributed by atoms with Crippen LogP contribution >= 0.6 is 0 Å². The van der Waals surface area contributed by atoms with Gasteiger partial charge in [-0.15, -0.1) is 0 Å². The molecule has 4 heteroatoms. The molecule has 1 fully saturated rings. The van der Waals surface area contributed by atoms with E-state index in [9.17, 15) is 9.90 Å². The molecule has 21 heavy (non-hydrogen) atoms. The van der Waals surface area contributed by atoms with Gasteiger partial charge in [0.1, 0.15) is 17.2 Å². The molecule has 0 radical (unpaired) electrons. The van der Waals surface area contributed by atoms with Crippen LogP contribution in [0.1, 0.15) is 23.2 Å². The molecule has 4 nitrogen and oxygen atoms in total. The van der Waals surface area contributed by atoms with Gasteiger partial charge >= 0.3 is 0 Å². The highest BCUT2D eigenvalue weighted by Crippen LogP contribution is 2.28. The zero-order valence-corrected chi connectivity index (χ0v) is 11.6. The number of phenols is 1. The van der Waals surface area contributed by atoms with Crippen molar-refractivity contribution in [2.75, 3.05) is 6.54 Å². The summed E-state index contributed by atoms with van der Waals surface area (Å²) in [6.07, 6.45) is 1.79. The normalized spacial score (nSPS) is 17.6. The monoisotopic (exact) mass is 283 g/mol. The van der Waals surface area contributed by atoms with Crippen LogP contribution in [0.5, 0.6) is 17.2 Å². The van der Waals surface area contributed by atoms with E-state index in [-0.39, 0.29) is 17.6 Å². The van der Waals surface area contributed by atoms with Gasteiger partial charge in [0, 0.05) is 0 Å². The molecule has 3 rings (SSSR count). The van der Waals surface area contributed by atoms with Crippen LogP contribution in [0.4, 0.5) is 0 Å². The van der Waals surface area contributed by atoms with Crippen molar-refractivity contribution in [2.24, 2.45) is 0 Å². The van der Waals surface area contributed by atoms with Gasteiger partial charge in [-0.2, -0.15) is 0 Å². The maximum absolute atomic E-state index is 12.4. The third-order valence-electron chi connectivity index (χ3n) is 3.59. The Bertz CT molecular complexity index is 634. The summed E-state index contributed by atoms with van der Waals surface area (Å²) < 4.78 is 5.70. The van der Waals surface area contributed by atoms with Gasteiger partial charge in [0.15, 0.2) is 5.78 Å². The lowest BCUT2D eigenvalue weighted by atomic mass is 10.0. The lowest BCUT2D eigenvalue weighted by Gasteiger charge is -2.12. The number of rotatable bonds is 4. The number of hydrogen-bond donors (Lipinski definition) is 2.